The molecule has 2 aromatic heterocycles. The maximum absolute atomic E-state index is 6.44. The summed E-state index contributed by atoms with van der Waals surface area (Å²) < 4.78 is 11.8. The SMILES string of the molecule is Clc1cc(Nc2ncnc3ccc(OC4CNC4)cc23)ccc1OCc1ccccn1. The second-order valence-corrected chi connectivity index (χ2v) is 7.59. The van der Waals surface area contributed by atoms with Crippen molar-refractivity contribution in [3.63, 3.8) is 0 Å². The number of pyridine rings is 1. The van der Waals surface area contributed by atoms with Gasteiger partial charge in [-0.3, -0.25) is 4.98 Å². The van der Waals surface area contributed by atoms with E-state index in [1.807, 2.05) is 54.6 Å². The van der Waals surface area contributed by atoms with Gasteiger partial charge in [-0.1, -0.05) is 17.7 Å². The van der Waals surface area contributed by atoms with E-state index < -0.39 is 0 Å². The van der Waals surface area contributed by atoms with E-state index in [1.165, 1.54) is 6.33 Å². The second-order valence-electron chi connectivity index (χ2n) is 7.18. The molecule has 0 aliphatic carbocycles. The predicted molar refractivity (Wildman–Crippen MR) is 120 cm³/mol. The zero-order valence-electron chi connectivity index (χ0n) is 16.6. The number of hydrogen-bond donors (Lipinski definition) is 2. The minimum Gasteiger partial charge on any atom is -0.488 e. The smallest absolute Gasteiger partial charge is 0.141 e. The molecule has 1 aliphatic rings. The zero-order valence-corrected chi connectivity index (χ0v) is 17.3. The van der Waals surface area contributed by atoms with E-state index in [-0.39, 0.29) is 6.10 Å². The molecule has 8 heteroatoms. The molecule has 0 unspecified atom stereocenters. The molecule has 156 valence electrons. The number of rotatable bonds is 7. The van der Waals surface area contributed by atoms with Gasteiger partial charge in [-0.15, -0.1) is 0 Å². The minimum absolute atomic E-state index is 0.205. The molecule has 0 bridgehead atoms. The maximum Gasteiger partial charge on any atom is 0.141 e. The molecule has 1 fully saturated rings. The largest absolute Gasteiger partial charge is 0.488 e. The quantitative estimate of drug-likeness (QED) is 0.448. The van der Waals surface area contributed by atoms with Crippen LogP contribution in [0.4, 0.5) is 11.5 Å². The summed E-state index contributed by atoms with van der Waals surface area (Å²) in [5.41, 5.74) is 2.46. The van der Waals surface area contributed by atoms with Gasteiger partial charge in [0.05, 0.1) is 16.2 Å². The van der Waals surface area contributed by atoms with Gasteiger partial charge in [0.25, 0.3) is 0 Å². The highest BCUT2D eigenvalue weighted by molar-refractivity contribution is 6.32. The third kappa shape index (κ3) is 4.52. The van der Waals surface area contributed by atoms with E-state index in [0.29, 0.717) is 23.2 Å². The summed E-state index contributed by atoms with van der Waals surface area (Å²) in [4.78, 5) is 13.0. The van der Waals surface area contributed by atoms with Gasteiger partial charge in [0, 0.05) is 30.4 Å². The van der Waals surface area contributed by atoms with E-state index in [4.69, 9.17) is 21.1 Å². The van der Waals surface area contributed by atoms with Crippen LogP contribution in [0.5, 0.6) is 11.5 Å². The lowest BCUT2D eigenvalue weighted by Crippen LogP contribution is -2.50. The van der Waals surface area contributed by atoms with E-state index in [1.54, 1.807) is 6.20 Å². The van der Waals surface area contributed by atoms with Crippen molar-refractivity contribution < 1.29 is 9.47 Å². The Hall–Kier alpha value is -3.42. The van der Waals surface area contributed by atoms with E-state index >= 15 is 0 Å². The Kier molecular flexibility index (Phi) is 5.52. The molecule has 2 aromatic carbocycles. The molecule has 5 rings (SSSR count). The molecule has 3 heterocycles. The van der Waals surface area contributed by atoms with E-state index in [9.17, 15) is 0 Å². The van der Waals surface area contributed by atoms with Gasteiger partial charge in [0.2, 0.25) is 0 Å². The minimum atomic E-state index is 0.205. The number of ether oxygens (including phenoxy) is 2. The van der Waals surface area contributed by atoms with Crippen LogP contribution in [0.15, 0.2) is 67.1 Å². The van der Waals surface area contributed by atoms with Gasteiger partial charge in [-0.05, 0) is 48.5 Å². The standard InChI is InChI=1S/C23H20ClN5O2/c24-20-9-15(4-7-22(20)30-13-16-3-1-2-8-26-16)29-23-19-10-17(31-18-11-25-12-18)5-6-21(19)27-14-28-23/h1-10,14,18,25H,11-13H2,(H,27,28,29). The highest BCUT2D eigenvalue weighted by Crippen LogP contribution is 2.32. The third-order valence-electron chi connectivity index (χ3n) is 4.95. The number of hydrogen-bond acceptors (Lipinski definition) is 7. The maximum atomic E-state index is 6.44. The predicted octanol–water partition coefficient (Wildman–Crippen LogP) is 4.35. The molecule has 1 aliphatic heterocycles. The van der Waals surface area contributed by atoms with Crippen LogP contribution in [0.2, 0.25) is 5.02 Å². The molecule has 7 nitrogen and oxygen atoms in total. The van der Waals surface area contributed by atoms with Crippen molar-refractivity contribution in [2.45, 2.75) is 12.7 Å². The fourth-order valence-electron chi connectivity index (χ4n) is 3.21. The third-order valence-corrected chi connectivity index (χ3v) is 5.25. The Labute approximate surface area is 184 Å². The van der Waals surface area contributed by atoms with Gasteiger partial charge < -0.3 is 20.1 Å². The van der Waals surface area contributed by atoms with Gasteiger partial charge in [-0.25, -0.2) is 9.97 Å². The summed E-state index contributed by atoms with van der Waals surface area (Å²) in [6.45, 7) is 2.08. The van der Waals surface area contributed by atoms with Crippen molar-refractivity contribution in [3.05, 3.63) is 77.8 Å². The van der Waals surface area contributed by atoms with Gasteiger partial charge in [0.15, 0.2) is 0 Å². The molecule has 4 aromatic rings. The lowest BCUT2D eigenvalue weighted by atomic mass is 10.2. The zero-order chi connectivity index (χ0) is 21.0. The molecule has 0 amide bonds. The molecular formula is C23H20ClN5O2. The number of anilines is 2. The van der Waals surface area contributed by atoms with Crippen LogP contribution in [0.3, 0.4) is 0 Å². The summed E-state index contributed by atoms with van der Waals surface area (Å²) in [5.74, 6) is 2.07. The lowest BCUT2D eigenvalue weighted by molar-refractivity contribution is 0.142. The summed E-state index contributed by atoms with van der Waals surface area (Å²) in [7, 11) is 0. The Morgan fingerprint density at radius 2 is 1.97 bits per heavy atom. The van der Waals surface area contributed by atoms with Crippen molar-refractivity contribution in [2.75, 3.05) is 18.4 Å². The fourth-order valence-corrected chi connectivity index (χ4v) is 3.45. The Morgan fingerprint density at radius 3 is 2.74 bits per heavy atom. The Balaban J connectivity index is 1.34. The Morgan fingerprint density at radius 1 is 1.03 bits per heavy atom. The summed E-state index contributed by atoms with van der Waals surface area (Å²) in [6.07, 6.45) is 3.47. The molecule has 31 heavy (non-hydrogen) atoms. The average molecular weight is 434 g/mol. The summed E-state index contributed by atoms with van der Waals surface area (Å²) >= 11 is 6.44. The number of nitrogens with zero attached hydrogens (tertiary/aromatic N) is 3. The van der Waals surface area contributed by atoms with Crippen LogP contribution >= 0.6 is 11.6 Å². The van der Waals surface area contributed by atoms with Gasteiger partial charge in [-0.2, -0.15) is 0 Å². The van der Waals surface area contributed by atoms with E-state index in [0.717, 1.165) is 41.1 Å². The Bertz CT molecular complexity index is 1200. The van der Waals surface area contributed by atoms with Crippen molar-refractivity contribution >= 4 is 34.0 Å². The molecular weight excluding hydrogens is 414 g/mol. The van der Waals surface area contributed by atoms with E-state index in [2.05, 4.69) is 25.6 Å². The van der Waals surface area contributed by atoms with Crippen LogP contribution in [0, 0.1) is 0 Å². The number of aromatic nitrogens is 3. The highest BCUT2D eigenvalue weighted by atomic mass is 35.5. The topological polar surface area (TPSA) is 81.2 Å². The van der Waals surface area contributed by atoms with Gasteiger partial charge in [0.1, 0.15) is 36.4 Å². The molecule has 2 N–H and O–H groups in total. The van der Waals surface area contributed by atoms with Crippen molar-refractivity contribution in [3.8, 4) is 11.5 Å². The first-order valence-electron chi connectivity index (χ1n) is 9.96. The number of fused-ring (bicyclic) bond motifs is 1. The fraction of sp³-hybridized carbons (Fsp3) is 0.174. The van der Waals surface area contributed by atoms with Crippen molar-refractivity contribution in [2.24, 2.45) is 0 Å². The summed E-state index contributed by atoms with van der Waals surface area (Å²) in [5, 5.41) is 7.90. The van der Waals surface area contributed by atoms with Crippen LogP contribution in [-0.2, 0) is 6.61 Å². The molecule has 0 spiro atoms. The van der Waals surface area contributed by atoms with Crippen molar-refractivity contribution in [1.29, 1.82) is 0 Å². The number of benzene rings is 2. The first kappa shape index (κ1) is 19.5. The molecule has 0 saturated carbocycles. The molecule has 0 atom stereocenters. The normalized spacial score (nSPS) is 13.6. The summed E-state index contributed by atoms with van der Waals surface area (Å²) in [6, 6.07) is 17.1. The molecule has 0 radical (unpaired) electrons. The van der Waals surface area contributed by atoms with Crippen LogP contribution in [0.1, 0.15) is 5.69 Å². The number of halogens is 1. The van der Waals surface area contributed by atoms with Crippen LogP contribution < -0.4 is 20.1 Å². The lowest BCUT2D eigenvalue weighted by Gasteiger charge is -2.27. The average Bonchev–Trinajstić information content (AvgIpc) is 2.77. The number of nitrogens with one attached hydrogen (secondary N) is 2. The van der Waals surface area contributed by atoms with Gasteiger partial charge >= 0.3 is 0 Å². The molecule has 1 saturated heterocycles. The first-order chi connectivity index (χ1) is 15.2. The highest BCUT2D eigenvalue weighted by Gasteiger charge is 2.18. The monoisotopic (exact) mass is 433 g/mol. The van der Waals surface area contributed by atoms with Crippen LogP contribution in [-0.4, -0.2) is 34.1 Å². The second kappa shape index (κ2) is 8.75. The van der Waals surface area contributed by atoms with Crippen molar-refractivity contribution in [1.82, 2.24) is 20.3 Å². The first-order valence-corrected chi connectivity index (χ1v) is 10.3. The van der Waals surface area contributed by atoms with Crippen LogP contribution in [0.25, 0.3) is 10.9 Å².